The molecule has 0 aliphatic rings. The van der Waals surface area contributed by atoms with Crippen LogP contribution in [-0.2, 0) is 17.1 Å². The Morgan fingerprint density at radius 1 is 1.19 bits per heavy atom. The molecule has 2 rings (SSSR count). The first kappa shape index (κ1) is 16.2. The van der Waals surface area contributed by atoms with Gasteiger partial charge in [-0.1, -0.05) is 34.8 Å². The van der Waals surface area contributed by atoms with Gasteiger partial charge < -0.3 is 5.73 Å². The first-order valence-corrected chi connectivity index (χ1v) is 8.21. The fourth-order valence-corrected chi connectivity index (χ4v) is 3.79. The third-order valence-corrected chi connectivity index (χ3v) is 5.39. The van der Waals surface area contributed by atoms with Crippen molar-refractivity contribution in [2.45, 2.75) is 11.8 Å². The highest BCUT2D eigenvalue weighted by Crippen LogP contribution is 2.34. The van der Waals surface area contributed by atoms with Crippen LogP contribution in [0.5, 0.6) is 0 Å². The summed E-state index contributed by atoms with van der Waals surface area (Å²) < 4.78 is 28.6. The summed E-state index contributed by atoms with van der Waals surface area (Å²) in [6.45, 7) is 1.59. The molecule has 0 unspecified atom stereocenters. The van der Waals surface area contributed by atoms with E-state index in [1.165, 1.54) is 16.8 Å². The largest absolute Gasteiger partial charge is 0.381 e. The molecule has 2 aromatic rings. The summed E-state index contributed by atoms with van der Waals surface area (Å²) in [5.41, 5.74) is 6.15. The lowest BCUT2D eigenvalue weighted by molar-refractivity contribution is 0.600. The maximum atomic E-state index is 12.4. The van der Waals surface area contributed by atoms with Gasteiger partial charge in [-0.2, -0.15) is 5.10 Å². The second kappa shape index (κ2) is 5.57. The summed E-state index contributed by atoms with van der Waals surface area (Å²) in [4.78, 5) is -0.105. The lowest BCUT2D eigenvalue weighted by Crippen LogP contribution is -2.15. The summed E-state index contributed by atoms with van der Waals surface area (Å²) >= 11 is 17.6. The standard InChI is InChI=1S/C11H11Cl3N4O2S/c1-5-10(11(15)16-18(5)2)21(19,20)17-9-4-7(13)6(12)3-8(9)14/h3-4,17H,1-2H3,(H2,15,16). The number of hydrogen-bond acceptors (Lipinski definition) is 4. The van der Waals surface area contributed by atoms with Crippen molar-refractivity contribution in [3.8, 4) is 0 Å². The van der Waals surface area contributed by atoms with Gasteiger partial charge in [0.05, 0.1) is 26.4 Å². The zero-order chi connectivity index (χ0) is 15.9. The predicted molar refractivity (Wildman–Crippen MR) is 84.6 cm³/mol. The molecule has 0 spiro atoms. The molecule has 0 aliphatic carbocycles. The number of anilines is 2. The molecule has 1 heterocycles. The van der Waals surface area contributed by atoms with Gasteiger partial charge in [0.2, 0.25) is 0 Å². The Hall–Kier alpha value is -1.15. The van der Waals surface area contributed by atoms with Gasteiger partial charge >= 0.3 is 0 Å². The van der Waals surface area contributed by atoms with Crippen LogP contribution in [0.2, 0.25) is 15.1 Å². The van der Waals surface area contributed by atoms with Crippen LogP contribution >= 0.6 is 34.8 Å². The van der Waals surface area contributed by atoms with Crippen LogP contribution in [0.15, 0.2) is 17.0 Å². The van der Waals surface area contributed by atoms with Gasteiger partial charge in [0.1, 0.15) is 0 Å². The van der Waals surface area contributed by atoms with Crippen molar-refractivity contribution in [1.29, 1.82) is 0 Å². The molecule has 1 aromatic heterocycles. The van der Waals surface area contributed by atoms with Gasteiger partial charge in [-0.05, 0) is 19.1 Å². The zero-order valence-electron chi connectivity index (χ0n) is 11.0. The average molecular weight is 370 g/mol. The van der Waals surface area contributed by atoms with Gasteiger partial charge in [0, 0.05) is 7.05 Å². The normalized spacial score (nSPS) is 11.7. The Balaban J connectivity index is 2.50. The minimum absolute atomic E-state index is 0.0984. The lowest BCUT2D eigenvalue weighted by atomic mass is 10.3. The third kappa shape index (κ3) is 3.06. The van der Waals surface area contributed by atoms with E-state index in [2.05, 4.69) is 9.82 Å². The second-order valence-electron chi connectivity index (χ2n) is 4.28. The minimum Gasteiger partial charge on any atom is -0.381 e. The van der Waals surface area contributed by atoms with Gasteiger partial charge in [-0.3, -0.25) is 9.40 Å². The SMILES string of the molecule is Cc1c(S(=O)(=O)Nc2cc(Cl)c(Cl)cc2Cl)c(N)nn1C. The molecule has 0 aliphatic heterocycles. The van der Waals surface area contributed by atoms with Crippen LogP contribution in [0.25, 0.3) is 0 Å². The number of hydrogen-bond donors (Lipinski definition) is 2. The molecule has 6 nitrogen and oxygen atoms in total. The van der Waals surface area contributed by atoms with Gasteiger partial charge in [-0.25, -0.2) is 8.42 Å². The fourth-order valence-electron chi connectivity index (χ4n) is 1.74. The average Bonchev–Trinajstić information content (AvgIpc) is 2.60. The molecule has 114 valence electrons. The first-order valence-electron chi connectivity index (χ1n) is 5.60. The number of nitrogen functional groups attached to an aromatic ring is 1. The highest BCUT2D eigenvalue weighted by molar-refractivity contribution is 7.93. The number of nitrogens with two attached hydrogens (primary N) is 1. The maximum Gasteiger partial charge on any atom is 0.267 e. The van der Waals surface area contributed by atoms with E-state index >= 15 is 0 Å². The van der Waals surface area contributed by atoms with E-state index in [1.807, 2.05) is 0 Å². The summed E-state index contributed by atoms with van der Waals surface area (Å²) in [5.74, 6) is -0.0984. The summed E-state index contributed by atoms with van der Waals surface area (Å²) in [5, 5.41) is 4.39. The Bertz CT molecular complexity index is 817. The van der Waals surface area contributed by atoms with E-state index in [0.29, 0.717) is 5.69 Å². The molecule has 0 bridgehead atoms. The number of halogens is 3. The van der Waals surface area contributed by atoms with Crippen LogP contribution in [0.4, 0.5) is 11.5 Å². The summed E-state index contributed by atoms with van der Waals surface area (Å²) in [7, 11) is -2.36. The molecular formula is C11H11Cl3N4O2S. The molecule has 0 atom stereocenters. The fraction of sp³-hybridized carbons (Fsp3) is 0.182. The smallest absolute Gasteiger partial charge is 0.267 e. The van der Waals surface area contributed by atoms with Crippen molar-refractivity contribution >= 4 is 56.3 Å². The Morgan fingerprint density at radius 2 is 1.76 bits per heavy atom. The van der Waals surface area contributed by atoms with E-state index in [9.17, 15) is 8.42 Å². The molecule has 21 heavy (non-hydrogen) atoms. The number of sulfonamides is 1. The summed E-state index contributed by atoms with van der Waals surface area (Å²) in [6, 6.07) is 2.68. The molecule has 0 fully saturated rings. The van der Waals surface area contributed by atoms with Crippen LogP contribution in [0.1, 0.15) is 5.69 Å². The predicted octanol–water partition coefficient (Wildman–Crippen LogP) is 3.07. The van der Waals surface area contributed by atoms with Gasteiger partial charge in [-0.15, -0.1) is 0 Å². The number of aryl methyl sites for hydroxylation is 1. The number of benzene rings is 1. The lowest BCUT2D eigenvalue weighted by Gasteiger charge is -2.11. The molecule has 1 aromatic carbocycles. The van der Waals surface area contributed by atoms with Crippen LogP contribution in [0.3, 0.4) is 0 Å². The molecule has 0 amide bonds. The maximum absolute atomic E-state index is 12.4. The molecule has 0 saturated carbocycles. The Labute approximate surface area is 136 Å². The van der Waals surface area contributed by atoms with E-state index in [1.54, 1.807) is 14.0 Å². The molecular weight excluding hydrogens is 359 g/mol. The van der Waals surface area contributed by atoms with E-state index in [0.717, 1.165) is 0 Å². The molecule has 0 saturated heterocycles. The number of rotatable bonds is 3. The highest BCUT2D eigenvalue weighted by atomic mass is 35.5. The molecule has 10 heteroatoms. The van der Waals surface area contributed by atoms with Crippen molar-refractivity contribution in [3.05, 3.63) is 32.9 Å². The minimum atomic E-state index is -3.95. The van der Waals surface area contributed by atoms with E-state index in [4.69, 9.17) is 40.5 Å². The third-order valence-electron chi connectivity index (χ3n) is 2.83. The highest BCUT2D eigenvalue weighted by Gasteiger charge is 2.25. The zero-order valence-corrected chi connectivity index (χ0v) is 14.1. The van der Waals surface area contributed by atoms with Crippen LogP contribution in [-0.4, -0.2) is 18.2 Å². The van der Waals surface area contributed by atoms with Crippen molar-refractivity contribution in [2.75, 3.05) is 10.5 Å². The summed E-state index contributed by atoms with van der Waals surface area (Å²) in [6.07, 6.45) is 0. The number of nitrogens with one attached hydrogen (secondary N) is 1. The van der Waals surface area contributed by atoms with Crippen molar-refractivity contribution in [3.63, 3.8) is 0 Å². The van der Waals surface area contributed by atoms with E-state index < -0.39 is 10.0 Å². The molecule has 0 radical (unpaired) electrons. The van der Waals surface area contributed by atoms with Crippen molar-refractivity contribution in [2.24, 2.45) is 7.05 Å². The number of aromatic nitrogens is 2. The first-order chi connectivity index (χ1) is 9.63. The number of nitrogens with zero attached hydrogens (tertiary/aromatic N) is 2. The van der Waals surface area contributed by atoms with Crippen molar-refractivity contribution in [1.82, 2.24) is 9.78 Å². The molecule has 3 N–H and O–H groups in total. The van der Waals surface area contributed by atoms with Crippen LogP contribution < -0.4 is 10.5 Å². The van der Waals surface area contributed by atoms with Crippen LogP contribution in [0, 0.1) is 6.92 Å². The quantitative estimate of drug-likeness (QED) is 0.814. The second-order valence-corrected chi connectivity index (χ2v) is 7.12. The Morgan fingerprint density at radius 3 is 2.29 bits per heavy atom. The Kier molecular flexibility index (Phi) is 4.30. The van der Waals surface area contributed by atoms with Gasteiger partial charge in [0.25, 0.3) is 10.0 Å². The van der Waals surface area contributed by atoms with Crippen molar-refractivity contribution < 1.29 is 8.42 Å². The van der Waals surface area contributed by atoms with Gasteiger partial charge in [0.15, 0.2) is 10.7 Å². The monoisotopic (exact) mass is 368 g/mol. The topological polar surface area (TPSA) is 90.0 Å². The van der Waals surface area contributed by atoms with E-state index in [-0.39, 0.29) is 31.5 Å².